The van der Waals surface area contributed by atoms with Gasteiger partial charge in [-0.25, -0.2) is 9.18 Å². The SMILES string of the molecule is CCOC(=O)COc1cccc(NC(=O)[C@H]2C[C@H]3CCCC[C@@H]3N2C(=O)c2ccc(F)cc2)c1. The molecule has 0 bridgehead atoms. The van der Waals surface area contributed by atoms with Crippen LogP contribution in [0, 0.1) is 11.7 Å². The number of carbonyl (C=O) groups is 3. The molecule has 34 heavy (non-hydrogen) atoms. The van der Waals surface area contributed by atoms with Crippen LogP contribution in [0.4, 0.5) is 10.1 Å². The minimum absolute atomic E-state index is 0.00120. The fourth-order valence-corrected chi connectivity index (χ4v) is 4.96. The van der Waals surface area contributed by atoms with Gasteiger partial charge in [-0.15, -0.1) is 0 Å². The second kappa shape index (κ2) is 10.7. The molecule has 2 fully saturated rings. The molecule has 0 radical (unpaired) electrons. The van der Waals surface area contributed by atoms with Crippen LogP contribution in [-0.2, 0) is 14.3 Å². The highest BCUT2D eigenvalue weighted by atomic mass is 19.1. The number of hydrogen-bond donors (Lipinski definition) is 1. The molecule has 1 heterocycles. The van der Waals surface area contributed by atoms with Crippen LogP contribution >= 0.6 is 0 Å². The normalized spacial score (nSPS) is 21.5. The molecule has 1 saturated carbocycles. The molecule has 2 amide bonds. The van der Waals surface area contributed by atoms with E-state index in [0.29, 0.717) is 23.4 Å². The van der Waals surface area contributed by atoms with Gasteiger partial charge >= 0.3 is 5.97 Å². The average Bonchev–Trinajstić information content (AvgIpc) is 3.23. The van der Waals surface area contributed by atoms with Crippen molar-refractivity contribution in [3.63, 3.8) is 0 Å². The number of ether oxygens (including phenoxy) is 2. The van der Waals surface area contributed by atoms with Crippen LogP contribution in [0.2, 0.25) is 0 Å². The van der Waals surface area contributed by atoms with Gasteiger partial charge in [0.05, 0.1) is 6.61 Å². The van der Waals surface area contributed by atoms with Crippen LogP contribution in [0.5, 0.6) is 5.75 Å². The van der Waals surface area contributed by atoms with Crippen molar-refractivity contribution in [2.75, 3.05) is 18.5 Å². The van der Waals surface area contributed by atoms with Gasteiger partial charge in [0.1, 0.15) is 17.6 Å². The van der Waals surface area contributed by atoms with Gasteiger partial charge in [0, 0.05) is 23.4 Å². The van der Waals surface area contributed by atoms with Crippen LogP contribution in [0.1, 0.15) is 49.4 Å². The third-order valence-electron chi connectivity index (χ3n) is 6.48. The van der Waals surface area contributed by atoms with Crippen molar-refractivity contribution in [3.05, 3.63) is 59.9 Å². The number of benzene rings is 2. The number of fused-ring (bicyclic) bond motifs is 1. The molecule has 1 aliphatic heterocycles. The summed E-state index contributed by atoms with van der Waals surface area (Å²) in [4.78, 5) is 40.0. The average molecular weight is 469 g/mol. The highest BCUT2D eigenvalue weighted by Gasteiger charge is 2.47. The van der Waals surface area contributed by atoms with Crippen molar-refractivity contribution in [2.45, 2.75) is 51.1 Å². The highest BCUT2D eigenvalue weighted by Crippen LogP contribution is 2.41. The maximum Gasteiger partial charge on any atom is 0.344 e. The van der Waals surface area contributed by atoms with Crippen LogP contribution < -0.4 is 10.1 Å². The smallest absolute Gasteiger partial charge is 0.344 e. The number of nitrogens with one attached hydrogen (secondary N) is 1. The van der Waals surface area contributed by atoms with Crippen LogP contribution in [-0.4, -0.2) is 48.0 Å². The Morgan fingerprint density at radius 3 is 2.62 bits per heavy atom. The van der Waals surface area contributed by atoms with Crippen molar-refractivity contribution in [1.29, 1.82) is 0 Å². The first kappa shape index (κ1) is 23.7. The van der Waals surface area contributed by atoms with E-state index in [1.807, 2.05) is 0 Å². The summed E-state index contributed by atoms with van der Waals surface area (Å²) in [6.07, 6.45) is 4.55. The van der Waals surface area contributed by atoms with E-state index in [2.05, 4.69) is 5.32 Å². The minimum Gasteiger partial charge on any atom is -0.482 e. The molecular formula is C26H29FN2O5. The van der Waals surface area contributed by atoms with Crippen LogP contribution in [0.15, 0.2) is 48.5 Å². The lowest BCUT2D eigenvalue weighted by atomic mass is 9.84. The Balaban J connectivity index is 1.49. The number of esters is 1. The van der Waals surface area contributed by atoms with Gasteiger partial charge in [0.2, 0.25) is 5.91 Å². The lowest BCUT2D eigenvalue weighted by molar-refractivity contribution is -0.145. The number of nitrogens with zero attached hydrogens (tertiary/aromatic N) is 1. The molecule has 1 saturated heterocycles. The van der Waals surface area contributed by atoms with Gasteiger partial charge in [0.15, 0.2) is 6.61 Å². The van der Waals surface area contributed by atoms with Gasteiger partial charge in [-0.05, 0) is 68.5 Å². The molecule has 2 aliphatic rings. The Morgan fingerprint density at radius 2 is 1.85 bits per heavy atom. The summed E-state index contributed by atoms with van der Waals surface area (Å²) >= 11 is 0. The minimum atomic E-state index is -0.616. The maximum atomic E-state index is 13.4. The van der Waals surface area contributed by atoms with Crippen molar-refractivity contribution in [1.82, 2.24) is 4.90 Å². The quantitative estimate of drug-likeness (QED) is 0.617. The summed E-state index contributed by atoms with van der Waals surface area (Å²) < 4.78 is 23.7. The zero-order chi connectivity index (χ0) is 24.1. The number of carbonyl (C=O) groups excluding carboxylic acids is 3. The van der Waals surface area contributed by atoms with Gasteiger partial charge in [0.25, 0.3) is 5.91 Å². The highest BCUT2D eigenvalue weighted by molar-refractivity contribution is 6.02. The van der Waals surface area contributed by atoms with E-state index in [-0.39, 0.29) is 37.0 Å². The first-order chi connectivity index (χ1) is 16.5. The first-order valence-electron chi connectivity index (χ1n) is 11.7. The molecule has 0 unspecified atom stereocenters. The second-order valence-corrected chi connectivity index (χ2v) is 8.69. The van der Waals surface area contributed by atoms with Gasteiger partial charge in [-0.3, -0.25) is 9.59 Å². The molecule has 8 heteroatoms. The molecule has 180 valence electrons. The molecule has 2 aromatic rings. The Kier molecular flexibility index (Phi) is 7.45. The number of halogens is 1. The van der Waals surface area contributed by atoms with E-state index < -0.39 is 17.8 Å². The number of rotatable bonds is 7. The monoisotopic (exact) mass is 468 g/mol. The largest absolute Gasteiger partial charge is 0.482 e. The number of hydrogen-bond acceptors (Lipinski definition) is 5. The molecule has 0 spiro atoms. The Bertz CT molecular complexity index is 1040. The lowest BCUT2D eigenvalue weighted by Gasteiger charge is -2.33. The Morgan fingerprint density at radius 1 is 1.09 bits per heavy atom. The topological polar surface area (TPSA) is 84.9 Å². The molecular weight excluding hydrogens is 439 g/mol. The molecule has 3 atom stereocenters. The van der Waals surface area contributed by atoms with Crippen molar-refractivity contribution in [2.24, 2.45) is 5.92 Å². The molecule has 1 N–H and O–H groups in total. The predicted molar refractivity (Wildman–Crippen MR) is 124 cm³/mol. The van der Waals surface area contributed by atoms with E-state index >= 15 is 0 Å². The lowest BCUT2D eigenvalue weighted by Crippen LogP contribution is -2.47. The zero-order valence-electron chi connectivity index (χ0n) is 19.2. The van der Waals surface area contributed by atoms with Crippen molar-refractivity contribution < 1.29 is 28.2 Å². The fraction of sp³-hybridized carbons (Fsp3) is 0.423. The third kappa shape index (κ3) is 5.38. The Labute approximate surface area is 198 Å². The van der Waals surface area contributed by atoms with Gasteiger partial charge < -0.3 is 19.7 Å². The fourth-order valence-electron chi connectivity index (χ4n) is 4.96. The summed E-state index contributed by atoms with van der Waals surface area (Å²) in [6.45, 7) is 1.77. The van der Waals surface area contributed by atoms with Crippen molar-refractivity contribution in [3.8, 4) is 5.75 Å². The number of amides is 2. The van der Waals surface area contributed by atoms with Gasteiger partial charge in [-0.1, -0.05) is 18.9 Å². The number of likely N-dealkylation sites (tertiary alicyclic amines) is 1. The Hall–Kier alpha value is -3.42. The van der Waals surface area contributed by atoms with Crippen LogP contribution in [0.25, 0.3) is 0 Å². The molecule has 2 aromatic carbocycles. The summed E-state index contributed by atoms with van der Waals surface area (Å²) in [5.41, 5.74) is 0.884. The van der Waals surface area contributed by atoms with Crippen LogP contribution in [0.3, 0.4) is 0 Å². The predicted octanol–water partition coefficient (Wildman–Crippen LogP) is 4.18. The summed E-state index contributed by atoms with van der Waals surface area (Å²) in [7, 11) is 0. The third-order valence-corrected chi connectivity index (χ3v) is 6.48. The van der Waals surface area contributed by atoms with E-state index in [9.17, 15) is 18.8 Å². The first-order valence-corrected chi connectivity index (χ1v) is 11.7. The van der Waals surface area contributed by atoms with E-state index in [4.69, 9.17) is 9.47 Å². The summed E-state index contributed by atoms with van der Waals surface area (Å²) in [5.74, 6) is -0.708. The van der Waals surface area contributed by atoms with Crippen molar-refractivity contribution >= 4 is 23.5 Å². The standard InChI is InChI=1S/C26H29FN2O5/c1-2-33-24(30)16-34-21-8-5-7-20(15-21)28-25(31)23-14-18-6-3-4-9-22(18)29(23)26(32)17-10-12-19(27)13-11-17/h5,7-8,10-13,15,18,22-23H,2-4,6,9,14,16H2,1H3,(H,28,31)/t18-,22+,23-/m1/s1. The van der Waals surface area contributed by atoms with Gasteiger partial charge in [-0.2, -0.15) is 0 Å². The summed E-state index contributed by atoms with van der Waals surface area (Å²) in [6, 6.07) is 11.6. The zero-order valence-corrected chi connectivity index (χ0v) is 19.2. The molecule has 4 rings (SSSR count). The molecule has 1 aliphatic carbocycles. The maximum absolute atomic E-state index is 13.4. The van der Waals surface area contributed by atoms with E-state index in [1.165, 1.54) is 24.3 Å². The second-order valence-electron chi connectivity index (χ2n) is 8.69. The molecule has 0 aromatic heterocycles. The summed E-state index contributed by atoms with van der Waals surface area (Å²) in [5, 5.41) is 2.90. The van der Waals surface area contributed by atoms with E-state index in [0.717, 1.165) is 25.7 Å². The molecule has 7 nitrogen and oxygen atoms in total. The van der Waals surface area contributed by atoms with E-state index in [1.54, 1.807) is 36.1 Å². The number of anilines is 1.